The zero-order valence-electron chi connectivity index (χ0n) is 9.57. The predicted molar refractivity (Wildman–Crippen MR) is 74.3 cm³/mol. The molecule has 2 heterocycles. The van der Waals surface area contributed by atoms with Crippen LogP contribution in [0.1, 0.15) is 12.8 Å². The van der Waals surface area contributed by atoms with E-state index in [-0.39, 0.29) is 11.9 Å². The minimum atomic E-state index is -0.0828. The largest absolute Gasteiger partial charge is 0.306 e. The second-order valence-electron chi connectivity index (χ2n) is 4.27. The van der Waals surface area contributed by atoms with Crippen molar-refractivity contribution in [1.82, 2.24) is 10.3 Å². The number of halogens is 1. The van der Waals surface area contributed by atoms with E-state index in [1.807, 2.05) is 12.1 Å². The summed E-state index contributed by atoms with van der Waals surface area (Å²) in [7, 11) is 0. The molecule has 1 aromatic heterocycles. The summed E-state index contributed by atoms with van der Waals surface area (Å²) in [5, 5.41) is 7.33. The van der Waals surface area contributed by atoms with Crippen LogP contribution in [0.3, 0.4) is 0 Å². The Morgan fingerprint density at radius 1 is 1.56 bits per heavy atom. The molecule has 0 saturated carbocycles. The maximum absolute atomic E-state index is 11.9. The van der Waals surface area contributed by atoms with Crippen molar-refractivity contribution in [3.05, 3.63) is 23.2 Å². The Morgan fingerprint density at radius 2 is 2.44 bits per heavy atom. The molecule has 0 aliphatic carbocycles. The molecule has 94 valence electrons. The fraction of sp³-hybridized carbons (Fsp3) is 0.333. The zero-order valence-corrected chi connectivity index (χ0v) is 11.1. The molecule has 2 N–H and O–H groups in total. The number of aromatic nitrogens is 1. The SMILES string of the molecule is O=C(Nc1nc2ccc(Cl)cc2s1)[C@@H]1CCCN1. The highest BCUT2D eigenvalue weighted by Crippen LogP contribution is 2.28. The van der Waals surface area contributed by atoms with E-state index >= 15 is 0 Å². The summed E-state index contributed by atoms with van der Waals surface area (Å²) in [6, 6.07) is 5.43. The Morgan fingerprint density at radius 3 is 3.22 bits per heavy atom. The monoisotopic (exact) mass is 281 g/mol. The first-order valence-corrected chi connectivity index (χ1v) is 7.02. The molecule has 0 bridgehead atoms. The molecule has 3 rings (SSSR count). The predicted octanol–water partition coefficient (Wildman–Crippen LogP) is 2.64. The third-order valence-electron chi connectivity index (χ3n) is 2.96. The van der Waals surface area contributed by atoms with Gasteiger partial charge in [-0.1, -0.05) is 22.9 Å². The topological polar surface area (TPSA) is 54.0 Å². The van der Waals surface area contributed by atoms with Crippen LogP contribution in [0.5, 0.6) is 0 Å². The van der Waals surface area contributed by atoms with E-state index in [0.717, 1.165) is 29.6 Å². The minimum absolute atomic E-state index is 0.00217. The molecular formula is C12H12ClN3OS. The Kier molecular flexibility index (Phi) is 3.20. The maximum Gasteiger partial charge on any atom is 0.243 e. The van der Waals surface area contributed by atoms with Crippen LogP contribution in [0.25, 0.3) is 10.2 Å². The molecule has 0 unspecified atom stereocenters. The summed E-state index contributed by atoms with van der Waals surface area (Å²) in [6.07, 6.45) is 1.94. The Hall–Kier alpha value is -1.17. The van der Waals surface area contributed by atoms with Gasteiger partial charge in [0.2, 0.25) is 5.91 Å². The van der Waals surface area contributed by atoms with Gasteiger partial charge in [0.1, 0.15) is 0 Å². The first kappa shape index (κ1) is 11.9. The van der Waals surface area contributed by atoms with Gasteiger partial charge in [-0.05, 0) is 37.6 Å². The average Bonchev–Trinajstić information content (AvgIpc) is 2.95. The van der Waals surface area contributed by atoms with E-state index in [2.05, 4.69) is 15.6 Å². The number of amides is 1. The fourth-order valence-corrected chi connectivity index (χ4v) is 3.20. The summed E-state index contributed by atoms with van der Waals surface area (Å²) in [5.41, 5.74) is 0.860. The molecule has 1 atom stereocenters. The van der Waals surface area contributed by atoms with Crippen LogP contribution in [0.4, 0.5) is 5.13 Å². The number of carbonyl (C=O) groups is 1. The zero-order chi connectivity index (χ0) is 12.5. The molecule has 1 fully saturated rings. The van der Waals surface area contributed by atoms with E-state index in [1.54, 1.807) is 6.07 Å². The van der Waals surface area contributed by atoms with Gasteiger partial charge in [-0.3, -0.25) is 4.79 Å². The average molecular weight is 282 g/mol. The lowest BCUT2D eigenvalue weighted by molar-refractivity contribution is -0.117. The second kappa shape index (κ2) is 4.84. The lowest BCUT2D eigenvalue weighted by Gasteiger charge is -2.08. The van der Waals surface area contributed by atoms with Gasteiger partial charge in [-0.2, -0.15) is 0 Å². The number of hydrogen-bond donors (Lipinski definition) is 2. The van der Waals surface area contributed by atoms with Crippen LogP contribution >= 0.6 is 22.9 Å². The molecule has 1 aliphatic rings. The van der Waals surface area contributed by atoms with Gasteiger partial charge in [0.05, 0.1) is 16.3 Å². The van der Waals surface area contributed by atoms with Gasteiger partial charge >= 0.3 is 0 Å². The second-order valence-corrected chi connectivity index (χ2v) is 5.74. The molecular weight excluding hydrogens is 270 g/mol. The van der Waals surface area contributed by atoms with Crippen LogP contribution in [0.15, 0.2) is 18.2 Å². The molecule has 2 aromatic rings. The van der Waals surface area contributed by atoms with Crippen LogP contribution in [-0.4, -0.2) is 23.5 Å². The number of nitrogens with one attached hydrogen (secondary N) is 2. The van der Waals surface area contributed by atoms with Crippen molar-refractivity contribution < 1.29 is 4.79 Å². The molecule has 0 spiro atoms. The number of fused-ring (bicyclic) bond motifs is 1. The highest BCUT2D eigenvalue weighted by atomic mass is 35.5. The van der Waals surface area contributed by atoms with Crippen molar-refractivity contribution in [2.75, 3.05) is 11.9 Å². The lowest BCUT2D eigenvalue weighted by atomic mass is 10.2. The first-order chi connectivity index (χ1) is 8.72. The van der Waals surface area contributed by atoms with Crippen LogP contribution < -0.4 is 10.6 Å². The van der Waals surface area contributed by atoms with Crippen molar-refractivity contribution in [2.24, 2.45) is 0 Å². The van der Waals surface area contributed by atoms with Gasteiger partial charge in [0, 0.05) is 5.02 Å². The quantitative estimate of drug-likeness (QED) is 0.890. The van der Waals surface area contributed by atoms with Crippen molar-refractivity contribution in [3.63, 3.8) is 0 Å². The van der Waals surface area contributed by atoms with E-state index < -0.39 is 0 Å². The molecule has 4 nitrogen and oxygen atoms in total. The van der Waals surface area contributed by atoms with E-state index in [1.165, 1.54) is 11.3 Å². The van der Waals surface area contributed by atoms with Crippen molar-refractivity contribution >= 4 is 44.2 Å². The lowest BCUT2D eigenvalue weighted by Crippen LogP contribution is -2.35. The number of benzene rings is 1. The smallest absolute Gasteiger partial charge is 0.243 e. The molecule has 0 radical (unpaired) electrons. The van der Waals surface area contributed by atoms with Crippen LogP contribution in [-0.2, 0) is 4.79 Å². The third-order valence-corrected chi connectivity index (χ3v) is 4.13. The minimum Gasteiger partial charge on any atom is -0.306 e. The highest BCUT2D eigenvalue weighted by molar-refractivity contribution is 7.22. The van der Waals surface area contributed by atoms with Crippen molar-refractivity contribution in [3.8, 4) is 0 Å². The summed E-state index contributed by atoms with van der Waals surface area (Å²) in [6.45, 7) is 0.910. The number of thiazole rings is 1. The maximum atomic E-state index is 11.9. The van der Waals surface area contributed by atoms with Gasteiger partial charge in [0.15, 0.2) is 5.13 Å². The summed E-state index contributed by atoms with van der Waals surface area (Å²) in [4.78, 5) is 16.3. The number of nitrogens with zero attached hydrogens (tertiary/aromatic N) is 1. The number of anilines is 1. The summed E-state index contributed by atoms with van der Waals surface area (Å²) in [5.74, 6) is -0.00217. The van der Waals surface area contributed by atoms with E-state index in [0.29, 0.717) is 10.2 Å². The van der Waals surface area contributed by atoms with Crippen LogP contribution in [0.2, 0.25) is 5.02 Å². The third kappa shape index (κ3) is 2.34. The fourth-order valence-electron chi connectivity index (χ4n) is 2.05. The van der Waals surface area contributed by atoms with Crippen molar-refractivity contribution in [1.29, 1.82) is 0 Å². The number of hydrogen-bond acceptors (Lipinski definition) is 4. The standard InChI is InChI=1S/C12H12ClN3OS/c13-7-3-4-8-10(6-7)18-12(15-8)16-11(17)9-2-1-5-14-9/h3-4,6,9,14H,1-2,5H2,(H,15,16,17)/t9-/m0/s1. The molecule has 1 aliphatic heterocycles. The Labute approximate surface area is 113 Å². The molecule has 18 heavy (non-hydrogen) atoms. The van der Waals surface area contributed by atoms with Gasteiger partial charge in [0.25, 0.3) is 0 Å². The van der Waals surface area contributed by atoms with Crippen LogP contribution in [0, 0.1) is 0 Å². The molecule has 1 aromatic carbocycles. The molecule has 6 heteroatoms. The normalized spacial score (nSPS) is 19.3. The number of rotatable bonds is 2. The highest BCUT2D eigenvalue weighted by Gasteiger charge is 2.22. The van der Waals surface area contributed by atoms with Gasteiger partial charge < -0.3 is 10.6 Å². The van der Waals surface area contributed by atoms with E-state index in [4.69, 9.17) is 11.6 Å². The summed E-state index contributed by atoms with van der Waals surface area (Å²) >= 11 is 7.36. The Bertz CT molecular complexity index is 592. The first-order valence-electron chi connectivity index (χ1n) is 5.83. The van der Waals surface area contributed by atoms with Gasteiger partial charge in [-0.25, -0.2) is 4.98 Å². The van der Waals surface area contributed by atoms with E-state index in [9.17, 15) is 4.79 Å². The number of carbonyl (C=O) groups excluding carboxylic acids is 1. The van der Waals surface area contributed by atoms with Crippen molar-refractivity contribution in [2.45, 2.75) is 18.9 Å². The summed E-state index contributed by atoms with van der Waals surface area (Å²) < 4.78 is 0.984. The Balaban J connectivity index is 1.79. The molecule has 1 saturated heterocycles. The van der Waals surface area contributed by atoms with Gasteiger partial charge in [-0.15, -0.1) is 0 Å². The molecule has 1 amide bonds.